The van der Waals surface area contributed by atoms with Crippen LogP contribution in [-0.4, -0.2) is 14.4 Å². The van der Waals surface area contributed by atoms with E-state index in [1.165, 1.54) is 6.07 Å². The van der Waals surface area contributed by atoms with Gasteiger partial charge in [0.25, 0.3) is 0 Å². The van der Waals surface area contributed by atoms with Gasteiger partial charge in [-0.05, 0) is 17.7 Å². The molecule has 1 aromatic rings. The molecule has 76 valence electrons. The molecule has 0 bridgehead atoms. The summed E-state index contributed by atoms with van der Waals surface area (Å²) < 4.78 is 13.1. The molecule has 0 spiro atoms. The van der Waals surface area contributed by atoms with Gasteiger partial charge in [0, 0.05) is 6.42 Å². The summed E-state index contributed by atoms with van der Waals surface area (Å²) in [5, 5.41) is 1.05. The van der Waals surface area contributed by atoms with E-state index >= 15 is 0 Å². The fraction of sp³-hybridized carbons (Fsp3) is 0.364. The summed E-state index contributed by atoms with van der Waals surface area (Å²) in [7, 11) is -1.55. The zero-order valence-corrected chi connectivity index (χ0v) is 9.80. The van der Waals surface area contributed by atoms with E-state index < -0.39 is 8.07 Å². The molecule has 0 aliphatic carbocycles. The van der Waals surface area contributed by atoms with Crippen LogP contribution in [-0.2, 0) is 11.2 Å². The van der Waals surface area contributed by atoms with Crippen LogP contribution < -0.4 is 5.19 Å². The van der Waals surface area contributed by atoms with Crippen LogP contribution in [0.3, 0.4) is 0 Å². The van der Waals surface area contributed by atoms with Gasteiger partial charge in [0.05, 0.1) is 8.07 Å². The van der Waals surface area contributed by atoms with Crippen LogP contribution in [0.25, 0.3) is 0 Å². The first-order valence-corrected chi connectivity index (χ1v) is 8.17. The third-order valence-corrected chi connectivity index (χ3v) is 4.26. The van der Waals surface area contributed by atoms with Crippen molar-refractivity contribution in [1.82, 2.24) is 0 Å². The summed E-state index contributed by atoms with van der Waals surface area (Å²) in [6.45, 7) is 6.45. The van der Waals surface area contributed by atoms with Crippen LogP contribution >= 0.6 is 0 Å². The predicted octanol–water partition coefficient (Wildman–Crippen LogP) is 2.11. The summed E-state index contributed by atoms with van der Waals surface area (Å²) >= 11 is 0. The number of aldehydes is 1. The van der Waals surface area contributed by atoms with Crippen molar-refractivity contribution in [3.05, 3.63) is 29.6 Å². The Morgan fingerprint density at radius 2 is 2.00 bits per heavy atom. The fourth-order valence-corrected chi connectivity index (χ4v) is 3.23. The highest BCUT2D eigenvalue weighted by Gasteiger charge is 2.20. The van der Waals surface area contributed by atoms with Crippen molar-refractivity contribution in [2.24, 2.45) is 0 Å². The van der Waals surface area contributed by atoms with E-state index in [-0.39, 0.29) is 5.82 Å². The topological polar surface area (TPSA) is 17.1 Å². The lowest BCUT2D eigenvalue weighted by molar-refractivity contribution is -0.107. The summed E-state index contributed by atoms with van der Waals surface area (Å²) in [4.78, 5) is 10.5. The fourth-order valence-electron chi connectivity index (χ4n) is 1.51. The molecular weight excluding hydrogens is 195 g/mol. The van der Waals surface area contributed by atoms with E-state index in [0.29, 0.717) is 6.42 Å². The first-order chi connectivity index (χ1) is 6.45. The molecule has 0 unspecified atom stereocenters. The second-order valence-corrected chi connectivity index (χ2v) is 9.46. The van der Waals surface area contributed by atoms with Gasteiger partial charge in [-0.3, -0.25) is 0 Å². The van der Waals surface area contributed by atoms with Crippen molar-refractivity contribution >= 4 is 19.5 Å². The molecule has 0 fully saturated rings. The van der Waals surface area contributed by atoms with E-state index in [9.17, 15) is 9.18 Å². The van der Waals surface area contributed by atoms with Crippen molar-refractivity contribution in [2.75, 3.05) is 0 Å². The minimum atomic E-state index is -1.55. The molecule has 0 aliphatic heterocycles. The largest absolute Gasteiger partial charge is 0.303 e. The molecule has 0 amide bonds. The summed E-state index contributed by atoms with van der Waals surface area (Å²) in [5.41, 5.74) is 0.973. The van der Waals surface area contributed by atoms with Crippen molar-refractivity contribution in [2.45, 2.75) is 26.1 Å². The monoisotopic (exact) mass is 210 g/mol. The van der Waals surface area contributed by atoms with Gasteiger partial charge < -0.3 is 4.79 Å². The van der Waals surface area contributed by atoms with Crippen LogP contribution in [0.2, 0.25) is 19.6 Å². The molecule has 14 heavy (non-hydrogen) atoms. The minimum absolute atomic E-state index is 0.211. The average Bonchev–Trinajstić information content (AvgIpc) is 2.07. The number of hydrogen-bond acceptors (Lipinski definition) is 1. The Hall–Kier alpha value is -0.963. The van der Waals surface area contributed by atoms with Gasteiger partial charge in [0.1, 0.15) is 12.1 Å². The lowest BCUT2D eigenvalue weighted by Gasteiger charge is -2.20. The third-order valence-electron chi connectivity index (χ3n) is 2.18. The molecule has 1 rings (SSSR count). The molecule has 0 saturated carbocycles. The van der Waals surface area contributed by atoms with Crippen LogP contribution in [0.5, 0.6) is 0 Å². The maximum absolute atomic E-state index is 13.1. The standard InChI is InChI=1S/C11H15FOSi/c1-14(2,3)11-8-10(12)5-4-9(11)6-7-13/h4-5,7-8H,6H2,1-3H3. The highest BCUT2D eigenvalue weighted by Crippen LogP contribution is 2.09. The van der Waals surface area contributed by atoms with Crippen LogP contribution in [0, 0.1) is 5.82 Å². The lowest BCUT2D eigenvalue weighted by Crippen LogP contribution is -2.40. The molecule has 1 aromatic carbocycles. The number of benzene rings is 1. The van der Waals surface area contributed by atoms with Crippen molar-refractivity contribution in [1.29, 1.82) is 0 Å². The normalized spacial score (nSPS) is 11.4. The van der Waals surface area contributed by atoms with Gasteiger partial charge >= 0.3 is 0 Å². The molecule has 0 radical (unpaired) electrons. The Balaban J connectivity index is 3.22. The highest BCUT2D eigenvalue weighted by atomic mass is 28.3. The van der Waals surface area contributed by atoms with Gasteiger partial charge in [0.15, 0.2) is 0 Å². The number of hydrogen-bond donors (Lipinski definition) is 0. The van der Waals surface area contributed by atoms with Crippen molar-refractivity contribution in [3.8, 4) is 0 Å². The predicted molar refractivity (Wildman–Crippen MR) is 59.1 cm³/mol. The molecule has 0 atom stereocenters. The first kappa shape index (κ1) is 11.1. The summed E-state index contributed by atoms with van der Waals surface area (Å²) in [5.74, 6) is -0.211. The molecule has 0 saturated heterocycles. The van der Waals surface area contributed by atoms with Gasteiger partial charge in [0.2, 0.25) is 0 Å². The molecule has 1 nitrogen and oxygen atoms in total. The van der Waals surface area contributed by atoms with E-state index in [1.54, 1.807) is 12.1 Å². The SMILES string of the molecule is C[Si](C)(C)c1cc(F)ccc1CC=O. The van der Waals surface area contributed by atoms with E-state index in [0.717, 1.165) is 17.0 Å². The Labute approximate surface area is 85.0 Å². The quantitative estimate of drug-likeness (QED) is 0.551. The van der Waals surface area contributed by atoms with E-state index in [4.69, 9.17) is 0 Å². The first-order valence-electron chi connectivity index (χ1n) is 4.67. The zero-order valence-electron chi connectivity index (χ0n) is 8.80. The second kappa shape index (κ2) is 4.05. The maximum atomic E-state index is 13.1. The number of carbonyl (C=O) groups is 1. The molecule has 0 aliphatic rings. The van der Waals surface area contributed by atoms with Gasteiger partial charge in [-0.2, -0.15) is 0 Å². The van der Waals surface area contributed by atoms with Gasteiger partial charge in [-0.25, -0.2) is 4.39 Å². The second-order valence-electron chi connectivity index (χ2n) is 4.42. The minimum Gasteiger partial charge on any atom is -0.303 e. The molecule has 0 heterocycles. The maximum Gasteiger partial charge on any atom is 0.124 e. The van der Waals surface area contributed by atoms with Crippen LogP contribution in [0.1, 0.15) is 5.56 Å². The Kier molecular flexibility index (Phi) is 3.21. The van der Waals surface area contributed by atoms with Crippen LogP contribution in [0.4, 0.5) is 4.39 Å². The molecule has 0 aromatic heterocycles. The zero-order chi connectivity index (χ0) is 10.8. The summed E-state index contributed by atoms with van der Waals surface area (Å²) in [6, 6.07) is 4.71. The number of halogens is 1. The van der Waals surface area contributed by atoms with Gasteiger partial charge in [-0.15, -0.1) is 0 Å². The smallest absolute Gasteiger partial charge is 0.124 e. The van der Waals surface area contributed by atoms with Gasteiger partial charge in [-0.1, -0.05) is 30.9 Å². The van der Waals surface area contributed by atoms with E-state index in [1.807, 2.05) is 0 Å². The van der Waals surface area contributed by atoms with Crippen LogP contribution in [0.15, 0.2) is 18.2 Å². The summed E-state index contributed by atoms with van der Waals surface area (Å²) in [6.07, 6.45) is 1.26. The number of rotatable bonds is 3. The average molecular weight is 210 g/mol. The molecule has 0 N–H and O–H groups in total. The molecule has 3 heteroatoms. The van der Waals surface area contributed by atoms with Crippen molar-refractivity contribution in [3.63, 3.8) is 0 Å². The lowest BCUT2D eigenvalue weighted by atomic mass is 10.2. The molecular formula is C11H15FOSi. The number of carbonyl (C=O) groups excluding carboxylic acids is 1. The Morgan fingerprint density at radius 1 is 1.36 bits per heavy atom. The van der Waals surface area contributed by atoms with Crippen molar-refractivity contribution < 1.29 is 9.18 Å². The highest BCUT2D eigenvalue weighted by molar-refractivity contribution is 6.89. The third kappa shape index (κ3) is 2.51. The Morgan fingerprint density at radius 3 is 2.50 bits per heavy atom. The Bertz CT molecular complexity index is 342. The van der Waals surface area contributed by atoms with E-state index in [2.05, 4.69) is 19.6 Å².